The van der Waals surface area contributed by atoms with Gasteiger partial charge >= 0.3 is 0 Å². The van der Waals surface area contributed by atoms with Crippen molar-refractivity contribution in [1.82, 2.24) is 5.32 Å². The van der Waals surface area contributed by atoms with Crippen molar-refractivity contribution in [3.63, 3.8) is 0 Å². The summed E-state index contributed by atoms with van der Waals surface area (Å²) in [7, 11) is 3.73. The molecule has 3 heteroatoms. The molecule has 0 aromatic heterocycles. The quantitative estimate of drug-likeness (QED) is 0.859. The molecule has 0 spiro atoms. The molecular weight excluding hydrogens is 274 g/mol. The van der Waals surface area contributed by atoms with Crippen LogP contribution in [0.15, 0.2) is 36.4 Å². The Morgan fingerprint density at radius 3 is 2.73 bits per heavy atom. The lowest BCUT2D eigenvalue weighted by atomic mass is 9.94. The van der Waals surface area contributed by atoms with E-state index in [0.29, 0.717) is 6.61 Å². The highest BCUT2D eigenvalue weighted by molar-refractivity contribution is 5.52. The van der Waals surface area contributed by atoms with E-state index in [1.165, 1.54) is 22.3 Å². The molecule has 116 valence electrons. The van der Waals surface area contributed by atoms with Gasteiger partial charge < -0.3 is 14.8 Å². The molecule has 2 aromatic rings. The van der Waals surface area contributed by atoms with Crippen molar-refractivity contribution in [3.8, 4) is 11.5 Å². The van der Waals surface area contributed by atoms with E-state index in [4.69, 9.17) is 9.47 Å². The standard InChI is InChI=1S/C19H23NO2/c1-20-11-5-8-16-17-12-14-6-3-4-7-15(14)13-22-19(17)10-9-18(16)21-2/h3-4,6-7,9-10,20H,5,8,11-13H2,1-2H3. The average Bonchev–Trinajstić information content (AvgIpc) is 2.74. The summed E-state index contributed by atoms with van der Waals surface area (Å²) in [6, 6.07) is 12.6. The second-order valence-electron chi connectivity index (χ2n) is 5.66. The van der Waals surface area contributed by atoms with E-state index >= 15 is 0 Å². The summed E-state index contributed by atoms with van der Waals surface area (Å²) in [5, 5.41) is 3.21. The smallest absolute Gasteiger partial charge is 0.123 e. The first-order chi connectivity index (χ1) is 10.8. The van der Waals surface area contributed by atoms with E-state index in [2.05, 4.69) is 29.6 Å². The number of fused-ring (bicyclic) bond motifs is 2. The van der Waals surface area contributed by atoms with Crippen molar-refractivity contribution in [2.75, 3.05) is 20.7 Å². The van der Waals surface area contributed by atoms with Gasteiger partial charge in [-0.3, -0.25) is 0 Å². The van der Waals surface area contributed by atoms with E-state index < -0.39 is 0 Å². The highest BCUT2D eigenvalue weighted by Crippen LogP contribution is 2.36. The molecule has 1 N–H and O–H groups in total. The molecule has 0 aliphatic carbocycles. The minimum Gasteiger partial charge on any atom is -0.496 e. The van der Waals surface area contributed by atoms with Gasteiger partial charge in [-0.1, -0.05) is 24.3 Å². The molecule has 0 atom stereocenters. The van der Waals surface area contributed by atoms with E-state index in [9.17, 15) is 0 Å². The van der Waals surface area contributed by atoms with E-state index in [1.807, 2.05) is 19.2 Å². The summed E-state index contributed by atoms with van der Waals surface area (Å²) in [5.41, 5.74) is 5.19. The van der Waals surface area contributed by atoms with Crippen LogP contribution < -0.4 is 14.8 Å². The Bertz CT molecular complexity index is 652. The summed E-state index contributed by atoms with van der Waals surface area (Å²) in [5.74, 6) is 1.97. The van der Waals surface area contributed by atoms with Crippen LogP contribution in [0, 0.1) is 0 Å². The normalized spacial score (nSPS) is 12.8. The Morgan fingerprint density at radius 2 is 1.95 bits per heavy atom. The van der Waals surface area contributed by atoms with Crippen molar-refractivity contribution < 1.29 is 9.47 Å². The van der Waals surface area contributed by atoms with Gasteiger partial charge in [-0.05, 0) is 49.7 Å². The summed E-state index contributed by atoms with van der Waals surface area (Å²) >= 11 is 0. The van der Waals surface area contributed by atoms with Gasteiger partial charge in [0.15, 0.2) is 0 Å². The van der Waals surface area contributed by atoms with Crippen LogP contribution in [-0.2, 0) is 19.4 Å². The molecule has 3 rings (SSSR count). The van der Waals surface area contributed by atoms with Gasteiger partial charge in [0.05, 0.1) is 7.11 Å². The van der Waals surface area contributed by atoms with E-state index in [-0.39, 0.29) is 0 Å². The Labute approximate surface area is 132 Å². The highest BCUT2D eigenvalue weighted by Gasteiger charge is 2.19. The Morgan fingerprint density at radius 1 is 1.14 bits per heavy atom. The second kappa shape index (κ2) is 6.84. The van der Waals surface area contributed by atoms with Crippen molar-refractivity contribution >= 4 is 0 Å². The maximum Gasteiger partial charge on any atom is 0.123 e. The molecule has 1 aliphatic rings. The Balaban J connectivity index is 2.00. The number of ether oxygens (including phenoxy) is 2. The molecular formula is C19H23NO2. The van der Waals surface area contributed by atoms with Gasteiger partial charge in [0.1, 0.15) is 18.1 Å². The zero-order valence-corrected chi connectivity index (χ0v) is 13.3. The SMILES string of the molecule is CNCCCc1c(OC)ccc2c1Cc1ccccc1CO2. The largest absolute Gasteiger partial charge is 0.496 e. The first-order valence-electron chi connectivity index (χ1n) is 7.86. The summed E-state index contributed by atoms with van der Waals surface area (Å²) < 4.78 is 11.6. The highest BCUT2D eigenvalue weighted by atomic mass is 16.5. The zero-order chi connectivity index (χ0) is 15.4. The molecule has 0 saturated heterocycles. The van der Waals surface area contributed by atoms with Crippen LogP contribution in [0.4, 0.5) is 0 Å². The van der Waals surface area contributed by atoms with Gasteiger partial charge in [0, 0.05) is 17.5 Å². The Hall–Kier alpha value is -2.00. The molecule has 22 heavy (non-hydrogen) atoms. The van der Waals surface area contributed by atoms with Crippen LogP contribution >= 0.6 is 0 Å². The van der Waals surface area contributed by atoms with Crippen LogP contribution in [0.25, 0.3) is 0 Å². The van der Waals surface area contributed by atoms with Gasteiger partial charge in [0.25, 0.3) is 0 Å². The maximum absolute atomic E-state index is 6.05. The average molecular weight is 297 g/mol. The lowest BCUT2D eigenvalue weighted by molar-refractivity contribution is 0.305. The van der Waals surface area contributed by atoms with Crippen LogP contribution in [0.1, 0.15) is 28.7 Å². The molecule has 1 heterocycles. The molecule has 1 aliphatic heterocycles. The predicted octanol–water partition coefficient (Wildman–Crippen LogP) is 3.33. The number of methoxy groups -OCH3 is 1. The van der Waals surface area contributed by atoms with Gasteiger partial charge in [-0.2, -0.15) is 0 Å². The minimum absolute atomic E-state index is 0.644. The second-order valence-corrected chi connectivity index (χ2v) is 5.66. The fraction of sp³-hybridized carbons (Fsp3) is 0.368. The van der Waals surface area contributed by atoms with Gasteiger partial charge in [0.2, 0.25) is 0 Å². The number of benzene rings is 2. The van der Waals surface area contributed by atoms with Crippen LogP contribution in [-0.4, -0.2) is 20.7 Å². The Kier molecular flexibility index (Phi) is 4.64. The first-order valence-corrected chi connectivity index (χ1v) is 7.86. The molecule has 0 amide bonds. The van der Waals surface area contributed by atoms with Crippen molar-refractivity contribution in [1.29, 1.82) is 0 Å². The third-order valence-corrected chi connectivity index (χ3v) is 4.29. The summed E-state index contributed by atoms with van der Waals surface area (Å²) in [4.78, 5) is 0. The maximum atomic E-state index is 6.05. The van der Waals surface area contributed by atoms with Crippen molar-refractivity contribution in [2.24, 2.45) is 0 Å². The van der Waals surface area contributed by atoms with E-state index in [1.54, 1.807) is 7.11 Å². The fourth-order valence-corrected chi connectivity index (χ4v) is 3.10. The van der Waals surface area contributed by atoms with Gasteiger partial charge in [-0.25, -0.2) is 0 Å². The number of hydrogen-bond donors (Lipinski definition) is 1. The third-order valence-electron chi connectivity index (χ3n) is 4.29. The number of rotatable bonds is 5. The molecule has 0 bridgehead atoms. The summed E-state index contributed by atoms with van der Waals surface area (Å²) in [6.07, 6.45) is 3.00. The number of hydrogen-bond acceptors (Lipinski definition) is 3. The van der Waals surface area contributed by atoms with E-state index in [0.717, 1.165) is 37.3 Å². The molecule has 0 radical (unpaired) electrons. The first kappa shape index (κ1) is 14.9. The molecule has 0 saturated carbocycles. The molecule has 2 aromatic carbocycles. The van der Waals surface area contributed by atoms with Crippen LogP contribution in [0.5, 0.6) is 11.5 Å². The zero-order valence-electron chi connectivity index (χ0n) is 13.3. The minimum atomic E-state index is 0.644. The fourth-order valence-electron chi connectivity index (χ4n) is 3.10. The molecule has 0 fully saturated rings. The molecule has 0 unspecified atom stereocenters. The lowest BCUT2D eigenvalue weighted by Crippen LogP contribution is -2.10. The predicted molar refractivity (Wildman–Crippen MR) is 88.8 cm³/mol. The van der Waals surface area contributed by atoms with Crippen molar-refractivity contribution in [3.05, 3.63) is 58.7 Å². The monoisotopic (exact) mass is 297 g/mol. The molecule has 3 nitrogen and oxygen atoms in total. The topological polar surface area (TPSA) is 30.5 Å². The number of nitrogens with one attached hydrogen (secondary N) is 1. The third kappa shape index (κ3) is 2.95. The lowest BCUT2D eigenvalue weighted by Gasteiger charge is -2.16. The van der Waals surface area contributed by atoms with Crippen LogP contribution in [0.3, 0.4) is 0 Å². The van der Waals surface area contributed by atoms with Crippen molar-refractivity contribution in [2.45, 2.75) is 25.9 Å². The van der Waals surface area contributed by atoms with Crippen LogP contribution in [0.2, 0.25) is 0 Å². The van der Waals surface area contributed by atoms with Gasteiger partial charge in [-0.15, -0.1) is 0 Å². The summed E-state index contributed by atoms with van der Waals surface area (Å²) in [6.45, 7) is 1.65.